The smallest absolute Gasteiger partial charge is 0.423 e. The van der Waals surface area contributed by atoms with Crippen LogP contribution in [0, 0.1) is 6.92 Å². The van der Waals surface area contributed by atoms with Gasteiger partial charge in [0, 0.05) is 6.54 Å². The minimum absolute atomic E-state index is 0.525. The molecule has 0 aromatic heterocycles. The van der Waals surface area contributed by atoms with Gasteiger partial charge in [-0.2, -0.15) is 0 Å². The van der Waals surface area contributed by atoms with E-state index in [0.29, 0.717) is 12.0 Å². The zero-order chi connectivity index (χ0) is 15.4. The predicted octanol–water partition coefficient (Wildman–Crippen LogP) is 1.85. The van der Waals surface area contributed by atoms with Crippen LogP contribution in [-0.4, -0.2) is 17.2 Å². The zero-order valence-corrected chi connectivity index (χ0v) is 12.5. The lowest BCUT2D eigenvalue weighted by Gasteiger charge is -1.94. The lowest BCUT2D eigenvalue weighted by Crippen LogP contribution is -2.29. The Balaban J connectivity index is 0.000000321. The minimum Gasteiger partial charge on any atom is -0.423 e. The van der Waals surface area contributed by atoms with E-state index >= 15 is 0 Å². The van der Waals surface area contributed by atoms with E-state index in [0.717, 1.165) is 0 Å². The normalized spacial score (nSPS) is 8.70. The van der Waals surface area contributed by atoms with Crippen molar-refractivity contribution >= 4 is 12.6 Å². The molecule has 0 amide bonds. The molecule has 0 saturated carbocycles. The predicted molar refractivity (Wildman–Crippen MR) is 86.7 cm³/mol. The summed E-state index contributed by atoms with van der Waals surface area (Å²) >= 11 is 0. The largest absolute Gasteiger partial charge is 0.488 e. The van der Waals surface area contributed by atoms with Crippen LogP contribution < -0.4 is 11.2 Å². The number of hydrogen-bond acceptors (Lipinski definition) is 3. The highest BCUT2D eigenvalue weighted by atomic mass is 16.4. The molecule has 0 aliphatic carbocycles. The third kappa shape index (κ3) is 7.74. The van der Waals surface area contributed by atoms with E-state index in [4.69, 9.17) is 15.8 Å². The van der Waals surface area contributed by atoms with Gasteiger partial charge in [0.25, 0.3) is 0 Å². The summed E-state index contributed by atoms with van der Waals surface area (Å²) in [7, 11) is -1.34. The first-order chi connectivity index (χ1) is 9.63. The van der Waals surface area contributed by atoms with Crippen LogP contribution in [0.2, 0.25) is 0 Å². The molecule has 0 fully saturated rings. The van der Waals surface area contributed by atoms with Crippen molar-refractivity contribution in [2.24, 2.45) is 5.73 Å². The molecule has 0 aliphatic rings. The molecule has 3 nitrogen and oxygen atoms in total. The van der Waals surface area contributed by atoms with Crippen molar-refractivity contribution in [2.45, 2.75) is 27.3 Å². The number of hydrogen-bond donors (Lipinski definition) is 3. The molecule has 0 unspecified atom stereocenters. The molecule has 0 radical (unpaired) electrons. The second-order valence-electron chi connectivity index (χ2n) is 3.97. The van der Waals surface area contributed by atoms with Gasteiger partial charge in [-0.25, -0.2) is 0 Å². The summed E-state index contributed by atoms with van der Waals surface area (Å²) in [6, 6.07) is 16.9. The molecule has 2 aromatic rings. The second-order valence-corrected chi connectivity index (χ2v) is 3.97. The quantitative estimate of drug-likeness (QED) is 0.731. The van der Waals surface area contributed by atoms with Crippen molar-refractivity contribution in [2.75, 3.05) is 0 Å². The molecule has 0 heterocycles. The molecule has 0 bridgehead atoms. The van der Waals surface area contributed by atoms with E-state index in [1.807, 2.05) is 19.9 Å². The summed E-state index contributed by atoms with van der Waals surface area (Å²) in [4.78, 5) is 0. The number of aryl methyl sites for hydroxylation is 1. The van der Waals surface area contributed by atoms with Crippen molar-refractivity contribution in [3.63, 3.8) is 0 Å². The molecule has 0 spiro atoms. The van der Waals surface area contributed by atoms with Crippen LogP contribution in [0.4, 0.5) is 0 Å². The van der Waals surface area contributed by atoms with Gasteiger partial charge in [-0.1, -0.05) is 74.0 Å². The van der Waals surface area contributed by atoms with Crippen LogP contribution in [0.25, 0.3) is 0 Å². The average Bonchev–Trinajstić information content (AvgIpc) is 2.51. The molecular weight excluding hydrogens is 249 g/mol. The van der Waals surface area contributed by atoms with Gasteiger partial charge in [0.1, 0.15) is 0 Å². The highest BCUT2D eigenvalue weighted by molar-refractivity contribution is 6.58. The van der Waals surface area contributed by atoms with Crippen molar-refractivity contribution in [1.29, 1.82) is 0 Å². The summed E-state index contributed by atoms with van der Waals surface area (Å²) in [5.74, 6) is 0. The van der Waals surface area contributed by atoms with Crippen molar-refractivity contribution in [1.82, 2.24) is 0 Å². The summed E-state index contributed by atoms with van der Waals surface area (Å²) in [5, 5.41) is 17.2. The first-order valence-corrected chi connectivity index (χ1v) is 6.80. The first-order valence-electron chi connectivity index (χ1n) is 6.80. The van der Waals surface area contributed by atoms with E-state index in [-0.39, 0.29) is 0 Å². The van der Waals surface area contributed by atoms with E-state index in [9.17, 15) is 0 Å². The van der Waals surface area contributed by atoms with Crippen molar-refractivity contribution in [3.8, 4) is 0 Å². The molecule has 4 heteroatoms. The van der Waals surface area contributed by atoms with Gasteiger partial charge in [-0.15, -0.1) is 0 Å². The number of rotatable bonds is 2. The second kappa shape index (κ2) is 11.2. The van der Waals surface area contributed by atoms with Gasteiger partial charge in [-0.3, -0.25) is 0 Å². The van der Waals surface area contributed by atoms with Gasteiger partial charge >= 0.3 is 7.12 Å². The van der Waals surface area contributed by atoms with Crippen molar-refractivity contribution < 1.29 is 10.0 Å². The Bertz CT molecular complexity index is 444. The summed E-state index contributed by atoms with van der Waals surface area (Å²) < 4.78 is 0. The van der Waals surface area contributed by atoms with Crippen LogP contribution in [0.15, 0.2) is 54.6 Å². The topological polar surface area (TPSA) is 66.5 Å². The standard InChI is InChI=1S/C8H11N.C6H7BO2.C2H6/c1-7-2-4-8(6-9)5-3-7;8-7(9)6-4-2-1-3-5-6;1-2/h2-5H,6,9H2,1H3;1-5,8-9H;1-2H3. The van der Waals surface area contributed by atoms with Gasteiger partial charge < -0.3 is 15.8 Å². The zero-order valence-electron chi connectivity index (χ0n) is 12.5. The van der Waals surface area contributed by atoms with Gasteiger partial charge in [-0.05, 0) is 17.9 Å². The van der Waals surface area contributed by atoms with Crippen LogP contribution >= 0.6 is 0 Å². The van der Waals surface area contributed by atoms with Crippen LogP contribution in [0.3, 0.4) is 0 Å². The fraction of sp³-hybridized carbons (Fsp3) is 0.250. The van der Waals surface area contributed by atoms with E-state index in [1.165, 1.54) is 11.1 Å². The molecule has 2 aromatic carbocycles. The SMILES string of the molecule is CC.Cc1ccc(CN)cc1.OB(O)c1ccccc1. The summed E-state index contributed by atoms with van der Waals surface area (Å²) in [6.07, 6.45) is 0. The monoisotopic (exact) mass is 273 g/mol. The average molecular weight is 273 g/mol. The van der Waals surface area contributed by atoms with Gasteiger partial charge in [0.05, 0.1) is 0 Å². The summed E-state index contributed by atoms with van der Waals surface area (Å²) in [5.41, 5.74) is 8.40. The molecule has 0 atom stereocenters. The fourth-order valence-electron chi connectivity index (χ4n) is 1.35. The fourth-order valence-corrected chi connectivity index (χ4v) is 1.35. The maximum Gasteiger partial charge on any atom is 0.488 e. The Labute approximate surface area is 122 Å². The Kier molecular flexibility index (Phi) is 10.3. The third-order valence-corrected chi connectivity index (χ3v) is 2.45. The highest BCUT2D eigenvalue weighted by Crippen LogP contribution is 2.00. The van der Waals surface area contributed by atoms with Gasteiger partial charge in [0.15, 0.2) is 0 Å². The molecule has 4 N–H and O–H groups in total. The molecule has 2 rings (SSSR count). The van der Waals surface area contributed by atoms with E-state index < -0.39 is 7.12 Å². The molecule has 20 heavy (non-hydrogen) atoms. The number of nitrogens with two attached hydrogens (primary N) is 1. The molecular formula is C16H24BNO2. The molecule has 0 saturated heterocycles. The highest BCUT2D eigenvalue weighted by Gasteiger charge is 2.07. The summed E-state index contributed by atoms with van der Waals surface area (Å²) in [6.45, 7) is 6.71. The van der Waals surface area contributed by atoms with Crippen LogP contribution in [0.1, 0.15) is 25.0 Å². The Hall–Kier alpha value is -1.62. The Morgan fingerprint density at radius 3 is 1.75 bits per heavy atom. The maximum atomic E-state index is 8.58. The van der Waals surface area contributed by atoms with Crippen LogP contribution in [-0.2, 0) is 6.54 Å². The van der Waals surface area contributed by atoms with E-state index in [2.05, 4.69) is 31.2 Å². The molecule has 108 valence electrons. The lowest BCUT2D eigenvalue weighted by atomic mass is 9.81. The number of benzene rings is 2. The van der Waals surface area contributed by atoms with Crippen LogP contribution in [0.5, 0.6) is 0 Å². The third-order valence-electron chi connectivity index (χ3n) is 2.45. The first kappa shape index (κ1) is 18.4. The minimum atomic E-state index is -1.34. The maximum absolute atomic E-state index is 8.58. The van der Waals surface area contributed by atoms with Crippen molar-refractivity contribution in [3.05, 3.63) is 65.7 Å². The lowest BCUT2D eigenvalue weighted by molar-refractivity contribution is 0.426. The Morgan fingerprint density at radius 2 is 1.40 bits per heavy atom. The Morgan fingerprint density at radius 1 is 0.900 bits per heavy atom. The molecule has 0 aliphatic heterocycles. The van der Waals surface area contributed by atoms with Gasteiger partial charge in [0.2, 0.25) is 0 Å². The van der Waals surface area contributed by atoms with E-state index in [1.54, 1.807) is 24.3 Å².